The summed E-state index contributed by atoms with van der Waals surface area (Å²) in [6.45, 7) is 4.84. The Labute approximate surface area is 125 Å². The third-order valence-electron chi connectivity index (χ3n) is 3.37. The third-order valence-corrected chi connectivity index (χ3v) is 4.78. The van der Waals surface area contributed by atoms with E-state index in [1.54, 1.807) is 17.0 Å². The van der Waals surface area contributed by atoms with E-state index in [2.05, 4.69) is 4.72 Å². The second kappa shape index (κ2) is 6.13. The van der Waals surface area contributed by atoms with E-state index in [4.69, 9.17) is 4.74 Å². The van der Waals surface area contributed by atoms with Gasteiger partial charge in [-0.15, -0.1) is 0 Å². The van der Waals surface area contributed by atoms with Crippen molar-refractivity contribution in [2.75, 3.05) is 20.1 Å². The predicted molar refractivity (Wildman–Crippen MR) is 78.6 cm³/mol. The lowest BCUT2D eigenvalue weighted by Gasteiger charge is -2.35. The number of ether oxygens (including phenoxy) is 1. The summed E-state index contributed by atoms with van der Waals surface area (Å²) >= 11 is 0. The standard InChI is InChI=1S/C14H20N2O4S/c1-10-8-16(9-11(2)20-10)14(17)12-5-4-6-13(7-12)21(18,19)15-3/h4-7,10-11,15H,8-9H2,1-3H3. The monoisotopic (exact) mass is 312 g/mol. The van der Waals surface area contributed by atoms with Gasteiger partial charge >= 0.3 is 0 Å². The minimum atomic E-state index is -3.55. The summed E-state index contributed by atoms with van der Waals surface area (Å²) < 4.78 is 31.4. The normalized spacial score (nSPS) is 23.1. The number of amides is 1. The molecule has 7 heteroatoms. The summed E-state index contributed by atoms with van der Waals surface area (Å²) in [5, 5.41) is 0. The molecule has 1 amide bonds. The van der Waals surface area contributed by atoms with Gasteiger partial charge in [0.05, 0.1) is 17.1 Å². The second-order valence-corrected chi connectivity index (χ2v) is 7.09. The Kier molecular flexibility index (Phi) is 4.65. The van der Waals surface area contributed by atoms with Crippen LogP contribution in [0.5, 0.6) is 0 Å². The van der Waals surface area contributed by atoms with Crippen LogP contribution in [0.1, 0.15) is 24.2 Å². The Hall–Kier alpha value is -1.44. The molecule has 0 spiro atoms. The maximum Gasteiger partial charge on any atom is 0.254 e. The fourth-order valence-electron chi connectivity index (χ4n) is 2.44. The molecule has 116 valence electrons. The minimum Gasteiger partial charge on any atom is -0.372 e. The molecule has 0 radical (unpaired) electrons. The zero-order chi connectivity index (χ0) is 15.6. The van der Waals surface area contributed by atoms with Crippen LogP contribution in [-0.4, -0.2) is 51.6 Å². The van der Waals surface area contributed by atoms with Gasteiger partial charge in [0.1, 0.15) is 0 Å². The summed E-state index contributed by atoms with van der Waals surface area (Å²) in [6.07, 6.45) is -0.0520. The van der Waals surface area contributed by atoms with Gasteiger partial charge in [-0.3, -0.25) is 4.79 Å². The van der Waals surface area contributed by atoms with E-state index in [0.717, 1.165) is 0 Å². The van der Waals surface area contributed by atoms with Crippen LogP contribution in [0, 0.1) is 0 Å². The number of hydrogen-bond donors (Lipinski definition) is 1. The maximum absolute atomic E-state index is 12.5. The SMILES string of the molecule is CNS(=O)(=O)c1cccc(C(=O)N2CC(C)OC(C)C2)c1. The molecule has 2 rings (SSSR count). The Bertz CT molecular complexity index is 620. The van der Waals surface area contributed by atoms with Crippen molar-refractivity contribution >= 4 is 15.9 Å². The predicted octanol–water partition coefficient (Wildman–Crippen LogP) is 0.844. The van der Waals surface area contributed by atoms with Gasteiger partial charge in [0.25, 0.3) is 5.91 Å². The van der Waals surface area contributed by atoms with Gasteiger partial charge in [0.15, 0.2) is 0 Å². The van der Waals surface area contributed by atoms with Gasteiger partial charge in [-0.25, -0.2) is 13.1 Å². The quantitative estimate of drug-likeness (QED) is 0.897. The summed E-state index contributed by atoms with van der Waals surface area (Å²) in [7, 11) is -2.21. The number of morpholine rings is 1. The van der Waals surface area contributed by atoms with Gasteiger partial charge in [0, 0.05) is 18.7 Å². The number of nitrogens with zero attached hydrogens (tertiary/aromatic N) is 1. The molecule has 1 heterocycles. The lowest BCUT2D eigenvalue weighted by molar-refractivity contribution is -0.0586. The van der Waals surface area contributed by atoms with Crippen molar-refractivity contribution in [1.82, 2.24) is 9.62 Å². The Morgan fingerprint density at radius 1 is 1.29 bits per heavy atom. The third kappa shape index (κ3) is 3.61. The first-order chi connectivity index (χ1) is 9.83. The van der Waals surface area contributed by atoms with Crippen LogP contribution in [0.15, 0.2) is 29.2 Å². The van der Waals surface area contributed by atoms with Gasteiger partial charge < -0.3 is 9.64 Å². The van der Waals surface area contributed by atoms with Gasteiger partial charge in [-0.05, 0) is 39.1 Å². The number of hydrogen-bond acceptors (Lipinski definition) is 4. The summed E-state index contributed by atoms with van der Waals surface area (Å²) in [4.78, 5) is 14.3. The highest BCUT2D eigenvalue weighted by molar-refractivity contribution is 7.89. The first-order valence-electron chi connectivity index (χ1n) is 6.82. The van der Waals surface area contributed by atoms with E-state index in [0.29, 0.717) is 18.7 Å². The molecule has 0 bridgehead atoms. The molecule has 0 saturated carbocycles. The van der Waals surface area contributed by atoms with Crippen molar-refractivity contribution in [3.63, 3.8) is 0 Å². The lowest BCUT2D eigenvalue weighted by Crippen LogP contribution is -2.48. The van der Waals surface area contributed by atoms with E-state index < -0.39 is 10.0 Å². The topological polar surface area (TPSA) is 75.7 Å². The number of carbonyl (C=O) groups excluding carboxylic acids is 1. The van der Waals surface area contributed by atoms with Crippen LogP contribution in [0.2, 0.25) is 0 Å². The first-order valence-corrected chi connectivity index (χ1v) is 8.30. The number of sulfonamides is 1. The van der Waals surface area contributed by atoms with E-state index in [1.165, 1.54) is 19.2 Å². The average Bonchev–Trinajstić information content (AvgIpc) is 2.45. The van der Waals surface area contributed by atoms with Crippen molar-refractivity contribution in [2.45, 2.75) is 31.0 Å². The Balaban J connectivity index is 2.26. The highest BCUT2D eigenvalue weighted by Crippen LogP contribution is 2.17. The van der Waals surface area contributed by atoms with Gasteiger partial charge in [-0.2, -0.15) is 0 Å². The molecule has 1 aromatic rings. The summed E-state index contributed by atoms with van der Waals surface area (Å²) in [6, 6.07) is 6.07. The molecule has 0 aliphatic carbocycles. The van der Waals surface area contributed by atoms with E-state index in [9.17, 15) is 13.2 Å². The van der Waals surface area contributed by atoms with Crippen molar-refractivity contribution < 1.29 is 17.9 Å². The molecular formula is C14H20N2O4S. The van der Waals surface area contributed by atoms with Crippen LogP contribution in [0.4, 0.5) is 0 Å². The molecule has 2 unspecified atom stereocenters. The fourth-order valence-corrected chi connectivity index (χ4v) is 3.22. The van der Waals surface area contributed by atoms with E-state index in [-0.39, 0.29) is 23.0 Å². The zero-order valence-corrected chi connectivity index (χ0v) is 13.2. The lowest BCUT2D eigenvalue weighted by atomic mass is 10.1. The molecule has 21 heavy (non-hydrogen) atoms. The van der Waals surface area contributed by atoms with Crippen LogP contribution >= 0.6 is 0 Å². The Morgan fingerprint density at radius 3 is 2.48 bits per heavy atom. The molecular weight excluding hydrogens is 292 g/mol. The number of nitrogens with one attached hydrogen (secondary N) is 1. The minimum absolute atomic E-state index is 0.0260. The molecule has 0 aromatic heterocycles. The molecule has 1 aromatic carbocycles. The van der Waals surface area contributed by atoms with Gasteiger partial charge in [-0.1, -0.05) is 6.07 Å². The van der Waals surface area contributed by atoms with Crippen molar-refractivity contribution in [2.24, 2.45) is 0 Å². The number of carbonyl (C=O) groups is 1. The molecule has 1 saturated heterocycles. The highest BCUT2D eigenvalue weighted by Gasteiger charge is 2.27. The van der Waals surface area contributed by atoms with Gasteiger partial charge in [0.2, 0.25) is 10.0 Å². The summed E-state index contributed by atoms with van der Waals surface area (Å²) in [5.41, 5.74) is 0.368. The van der Waals surface area contributed by atoms with E-state index in [1.807, 2.05) is 13.8 Å². The second-order valence-electron chi connectivity index (χ2n) is 5.20. The number of benzene rings is 1. The smallest absolute Gasteiger partial charge is 0.254 e. The average molecular weight is 312 g/mol. The van der Waals surface area contributed by atoms with Crippen LogP contribution < -0.4 is 4.72 Å². The van der Waals surface area contributed by atoms with Crippen LogP contribution in [0.25, 0.3) is 0 Å². The largest absolute Gasteiger partial charge is 0.372 e. The number of rotatable bonds is 3. The molecule has 1 aliphatic rings. The van der Waals surface area contributed by atoms with Crippen LogP contribution in [0.3, 0.4) is 0 Å². The van der Waals surface area contributed by atoms with Crippen molar-refractivity contribution in [3.8, 4) is 0 Å². The Morgan fingerprint density at radius 2 is 1.90 bits per heavy atom. The zero-order valence-electron chi connectivity index (χ0n) is 12.4. The molecule has 1 fully saturated rings. The maximum atomic E-state index is 12.5. The molecule has 1 aliphatic heterocycles. The van der Waals surface area contributed by atoms with E-state index >= 15 is 0 Å². The molecule has 1 N–H and O–H groups in total. The van der Waals surface area contributed by atoms with Crippen molar-refractivity contribution in [1.29, 1.82) is 0 Å². The van der Waals surface area contributed by atoms with Crippen LogP contribution in [-0.2, 0) is 14.8 Å². The fraction of sp³-hybridized carbons (Fsp3) is 0.500. The highest BCUT2D eigenvalue weighted by atomic mass is 32.2. The summed E-state index contributed by atoms with van der Waals surface area (Å²) in [5.74, 6) is -0.176. The van der Waals surface area contributed by atoms with Crippen molar-refractivity contribution in [3.05, 3.63) is 29.8 Å². The molecule has 6 nitrogen and oxygen atoms in total. The first kappa shape index (κ1) is 15.9. The molecule has 2 atom stereocenters.